The lowest BCUT2D eigenvalue weighted by atomic mass is 10.2. The van der Waals surface area contributed by atoms with Gasteiger partial charge in [-0.15, -0.1) is 0 Å². The summed E-state index contributed by atoms with van der Waals surface area (Å²) >= 11 is 0. The quantitative estimate of drug-likeness (QED) is 0.744. The van der Waals surface area contributed by atoms with Crippen LogP contribution in [0.15, 0.2) is 30.7 Å². The highest BCUT2D eigenvalue weighted by Crippen LogP contribution is 2.11. The Kier molecular flexibility index (Phi) is 2.76. The first-order chi connectivity index (χ1) is 7.70. The molecule has 0 amide bonds. The Morgan fingerprint density at radius 1 is 1.38 bits per heavy atom. The van der Waals surface area contributed by atoms with Gasteiger partial charge in [0.2, 0.25) is 0 Å². The minimum absolute atomic E-state index is 0.153. The van der Waals surface area contributed by atoms with Crippen molar-refractivity contribution in [1.29, 1.82) is 0 Å². The number of hydrogen-bond donors (Lipinski definition) is 0. The summed E-state index contributed by atoms with van der Waals surface area (Å²) in [4.78, 5) is 14.4. The third kappa shape index (κ3) is 1.98. The molecule has 82 valence electrons. The highest BCUT2D eigenvalue weighted by atomic mass is 19.1. The highest BCUT2D eigenvalue weighted by Gasteiger charge is 2.06. The minimum atomic E-state index is -0.634. The van der Waals surface area contributed by atoms with Crippen molar-refractivity contribution in [2.75, 3.05) is 0 Å². The summed E-state index contributed by atoms with van der Waals surface area (Å²) in [6, 6.07) is 3.34. The Hall–Kier alpha value is -2.04. The van der Waals surface area contributed by atoms with Crippen LogP contribution in [0.3, 0.4) is 0 Å². The summed E-state index contributed by atoms with van der Waals surface area (Å²) in [7, 11) is 0. The molecule has 0 N–H and O–H groups in total. The van der Waals surface area contributed by atoms with Crippen molar-refractivity contribution < 1.29 is 13.6 Å². The summed E-state index contributed by atoms with van der Waals surface area (Å²) in [6.07, 6.45) is 3.44. The Morgan fingerprint density at radius 2 is 2.19 bits per heavy atom. The molecule has 0 aliphatic carbocycles. The van der Waals surface area contributed by atoms with Crippen LogP contribution < -0.4 is 0 Å². The highest BCUT2D eigenvalue weighted by molar-refractivity contribution is 5.71. The first-order valence-corrected chi connectivity index (χ1v) is 4.60. The number of rotatable bonds is 3. The van der Waals surface area contributed by atoms with Crippen molar-refractivity contribution >= 4 is 6.29 Å². The van der Waals surface area contributed by atoms with Crippen molar-refractivity contribution in [2.45, 2.75) is 6.54 Å². The fourth-order valence-corrected chi connectivity index (χ4v) is 1.39. The molecular weight excluding hydrogens is 214 g/mol. The lowest BCUT2D eigenvalue weighted by Gasteiger charge is -2.05. The van der Waals surface area contributed by atoms with E-state index in [0.717, 1.165) is 6.07 Å². The smallest absolute Gasteiger partial charge is 0.168 e. The molecule has 0 aliphatic rings. The van der Waals surface area contributed by atoms with Gasteiger partial charge in [0.05, 0.1) is 19.1 Å². The number of halogens is 2. The average molecular weight is 222 g/mol. The Morgan fingerprint density at radius 3 is 2.88 bits per heavy atom. The number of aldehydes is 1. The predicted molar refractivity (Wildman–Crippen MR) is 53.1 cm³/mol. The molecule has 5 heteroatoms. The molecule has 0 saturated carbocycles. The second-order valence-electron chi connectivity index (χ2n) is 3.30. The summed E-state index contributed by atoms with van der Waals surface area (Å²) in [6.45, 7) is 0.153. The van der Waals surface area contributed by atoms with Crippen molar-refractivity contribution in [3.05, 3.63) is 53.6 Å². The molecule has 2 rings (SSSR count). The van der Waals surface area contributed by atoms with E-state index in [1.807, 2.05) is 0 Å². The fraction of sp³-hybridized carbons (Fsp3) is 0.0909. The van der Waals surface area contributed by atoms with E-state index in [9.17, 15) is 13.6 Å². The molecule has 0 spiro atoms. The normalized spacial score (nSPS) is 10.4. The second-order valence-corrected chi connectivity index (χ2v) is 3.30. The molecule has 0 saturated heterocycles. The number of benzene rings is 1. The molecule has 16 heavy (non-hydrogen) atoms. The maximum absolute atomic E-state index is 13.3. The fourth-order valence-electron chi connectivity index (χ4n) is 1.39. The lowest BCUT2D eigenvalue weighted by Crippen LogP contribution is -2.04. The maximum atomic E-state index is 13.3. The predicted octanol–water partition coefficient (Wildman–Crippen LogP) is 2.02. The summed E-state index contributed by atoms with van der Waals surface area (Å²) in [5, 5.41) is 0. The zero-order valence-electron chi connectivity index (χ0n) is 8.23. The van der Waals surface area contributed by atoms with Gasteiger partial charge in [0.15, 0.2) is 6.29 Å². The summed E-state index contributed by atoms with van der Waals surface area (Å²) < 4.78 is 27.5. The molecule has 0 atom stereocenters. The van der Waals surface area contributed by atoms with Crippen LogP contribution in [0.4, 0.5) is 8.78 Å². The van der Waals surface area contributed by atoms with E-state index in [-0.39, 0.29) is 6.54 Å². The SMILES string of the molecule is O=Cc1cncn1Cc1ccc(F)cc1F. The standard InChI is InChI=1S/C11H8F2N2O/c12-9-2-1-8(11(13)3-9)5-15-7-14-4-10(15)6-16/h1-4,6-7H,5H2. The van der Waals surface area contributed by atoms with Gasteiger partial charge in [-0.05, 0) is 6.07 Å². The molecule has 0 bridgehead atoms. The Labute approximate surface area is 90.3 Å². The molecule has 2 aromatic rings. The number of carbonyl (C=O) groups excluding carboxylic acids is 1. The van der Waals surface area contributed by atoms with E-state index in [1.54, 1.807) is 0 Å². The van der Waals surface area contributed by atoms with Crippen molar-refractivity contribution in [3.63, 3.8) is 0 Å². The van der Waals surface area contributed by atoms with Gasteiger partial charge >= 0.3 is 0 Å². The van der Waals surface area contributed by atoms with Gasteiger partial charge in [-0.3, -0.25) is 4.79 Å². The first kappa shape index (κ1) is 10.5. The van der Waals surface area contributed by atoms with Crippen LogP contribution in [0, 0.1) is 11.6 Å². The van der Waals surface area contributed by atoms with Crippen LogP contribution in [0.2, 0.25) is 0 Å². The number of hydrogen-bond acceptors (Lipinski definition) is 2. The second kappa shape index (κ2) is 4.22. The number of aromatic nitrogens is 2. The number of imidazole rings is 1. The zero-order valence-corrected chi connectivity index (χ0v) is 8.23. The van der Waals surface area contributed by atoms with Gasteiger partial charge < -0.3 is 4.57 Å². The molecule has 0 fully saturated rings. The topological polar surface area (TPSA) is 34.9 Å². The molecule has 1 heterocycles. The molecule has 0 radical (unpaired) electrons. The molecule has 1 aromatic heterocycles. The lowest BCUT2D eigenvalue weighted by molar-refractivity contribution is 0.111. The van der Waals surface area contributed by atoms with Crippen molar-refractivity contribution in [3.8, 4) is 0 Å². The minimum Gasteiger partial charge on any atom is -0.324 e. The molecule has 1 aromatic carbocycles. The average Bonchev–Trinajstić information content (AvgIpc) is 2.69. The maximum Gasteiger partial charge on any atom is 0.168 e. The van der Waals surface area contributed by atoms with Crippen LogP contribution >= 0.6 is 0 Å². The van der Waals surface area contributed by atoms with Crippen LogP contribution in [-0.4, -0.2) is 15.8 Å². The van der Waals surface area contributed by atoms with Crippen LogP contribution in [0.5, 0.6) is 0 Å². The largest absolute Gasteiger partial charge is 0.324 e. The molecule has 3 nitrogen and oxygen atoms in total. The number of nitrogens with zero attached hydrogens (tertiary/aromatic N) is 2. The van der Waals surface area contributed by atoms with Crippen LogP contribution in [-0.2, 0) is 6.54 Å². The van der Waals surface area contributed by atoms with Crippen LogP contribution in [0.1, 0.15) is 16.1 Å². The summed E-state index contributed by atoms with van der Waals surface area (Å²) in [5.74, 6) is -1.26. The first-order valence-electron chi connectivity index (χ1n) is 4.60. The van der Waals surface area contributed by atoms with Gasteiger partial charge in [0.1, 0.15) is 17.3 Å². The molecular formula is C11H8F2N2O. The third-order valence-corrected chi connectivity index (χ3v) is 2.22. The van der Waals surface area contributed by atoms with Crippen LogP contribution in [0.25, 0.3) is 0 Å². The van der Waals surface area contributed by atoms with Gasteiger partial charge in [-0.2, -0.15) is 0 Å². The monoisotopic (exact) mass is 222 g/mol. The number of carbonyl (C=O) groups is 1. The Bertz CT molecular complexity index is 522. The van der Waals surface area contributed by atoms with Gasteiger partial charge in [-0.1, -0.05) is 6.07 Å². The zero-order chi connectivity index (χ0) is 11.5. The van der Waals surface area contributed by atoms with E-state index in [4.69, 9.17) is 0 Å². The molecule has 0 aliphatic heterocycles. The van der Waals surface area contributed by atoms with E-state index < -0.39 is 11.6 Å². The Balaban J connectivity index is 2.30. The summed E-state index contributed by atoms with van der Waals surface area (Å²) in [5.41, 5.74) is 0.659. The van der Waals surface area contributed by atoms with E-state index in [1.165, 1.54) is 29.2 Å². The van der Waals surface area contributed by atoms with E-state index in [2.05, 4.69) is 4.98 Å². The van der Waals surface area contributed by atoms with E-state index in [0.29, 0.717) is 17.5 Å². The molecule has 0 unspecified atom stereocenters. The van der Waals surface area contributed by atoms with Gasteiger partial charge in [0, 0.05) is 11.6 Å². The van der Waals surface area contributed by atoms with E-state index >= 15 is 0 Å². The van der Waals surface area contributed by atoms with Gasteiger partial charge in [-0.25, -0.2) is 13.8 Å². The van der Waals surface area contributed by atoms with Gasteiger partial charge in [0.25, 0.3) is 0 Å². The third-order valence-electron chi connectivity index (χ3n) is 2.22. The van der Waals surface area contributed by atoms with Crippen molar-refractivity contribution in [1.82, 2.24) is 9.55 Å². The van der Waals surface area contributed by atoms with Crippen molar-refractivity contribution in [2.24, 2.45) is 0 Å².